The zero-order valence-electron chi connectivity index (χ0n) is 11.2. The van der Waals surface area contributed by atoms with E-state index in [-0.39, 0.29) is 0 Å². The predicted molar refractivity (Wildman–Crippen MR) is 75.5 cm³/mol. The zero-order chi connectivity index (χ0) is 12.2. The molecule has 0 spiro atoms. The molecule has 1 atom stereocenters. The minimum absolute atomic E-state index is 0.567. The van der Waals surface area contributed by atoms with Crippen molar-refractivity contribution in [3.63, 3.8) is 0 Å². The van der Waals surface area contributed by atoms with E-state index in [1.165, 1.54) is 5.57 Å². The molecule has 1 unspecified atom stereocenters. The van der Waals surface area contributed by atoms with Crippen molar-refractivity contribution in [1.29, 1.82) is 0 Å². The van der Waals surface area contributed by atoms with E-state index in [4.69, 9.17) is 0 Å². The maximum absolute atomic E-state index is 2.37. The topological polar surface area (TPSA) is 0 Å². The predicted octanol–water partition coefficient (Wildman–Crippen LogP) is 5.45. The molecule has 0 aliphatic heterocycles. The molecule has 0 radical (unpaired) electrons. The summed E-state index contributed by atoms with van der Waals surface area (Å²) in [5.74, 6) is 0.567. The van der Waals surface area contributed by atoms with Crippen LogP contribution in [0.2, 0.25) is 0 Å². The van der Waals surface area contributed by atoms with Crippen LogP contribution in [-0.2, 0) is 0 Å². The summed E-state index contributed by atoms with van der Waals surface area (Å²) in [5.41, 5.74) is 1.54. The minimum Gasteiger partial charge on any atom is -0.0916 e. The quantitative estimate of drug-likeness (QED) is 0.499. The van der Waals surface area contributed by atoms with Gasteiger partial charge in [0.15, 0.2) is 0 Å². The molecule has 0 rings (SSSR count). The fraction of sp³-hybridized carbons (Fsp3) is 0.500. The molecule has 0 N–H and O–H groups in total. The molecule has 0 aliphatic carbocycles. The Morgan fingerprint density at radius 3 is 2.19 bits per heavy atom. The number of hydrogen-bond acceptors (Lipinski definition) is 0. The van der Waals surface area contributed by atoms with Gasteiger partial charge in [-0.1, -0.05) is 55.0 Å². The van der Waals surface area contributed by atoms with Gasteiger partial charge < -0.3 is 0 Å². The molecule has 0 amide bonds. The van der Waals surface area contributed by atoms with E-state index in [1.807, 2.05) is 0 Å². The van der Waals surface area contributed by atoms with Crippen LogP contribution in [0.3, 0.4) is 0 Å². The second-order valence-electron chi connectivity index (χ2n) is 3.90. The van der Waals surface area contributed by atoms with Crippen LogP contribution in [0.4, 0.5) is 0 Å². The Labute approximate surface area is 101 Å². The highest BCUT2D eigenvalue weighted by atomic mass is 14.1. The van der Waals surface area contributed by atoms with E-state index in [0.717, 1.165) is 19.3 Å². The van der Waals surface area contributed by atoms with Gasteiger partial charge in [0, 0.05) is 5.92 Å². The average Bonchev–Trinajstić information content (AvgIpc) is 2.30. The number of rotatable bonds is 7. The fourth-order valence-corrected chi connectivity index (χ4v) is 1.77. The smallest absolute Gasteiger partial charge is 0.00142 e. The molecular formula is C16H26. The van der Waals surface area contributed by atoms with Crippen molar-refractivity contribution in [1.82, 2.24) is 0 Å². The van der Waals surface area contributed by atoms with E-state index >= 15 is 0 Å². The van der Waals surface area contributed by atoms with Crippen molar-refractivity contribution >= 4 is 0 Å². The standard InChI is InChI=1S/C16H26/c1-5-9-13-15(11-7-3)16(12-8-4)14-10-6-2/h5-7,9-12,15H,8,13-14H2,1-4H3. The van der Waals surface area contributed by atoms with Gasteiger partial charge in [-0.05, 0) is 40.0 Å². The molecule has 0 aromatic heterocycles. The average molecular weight is 218 g/mol. The maximum Gasteiger partial charge on any atom is 0.00142 e. The molecule has 0 saturated carbocycles. The van der Waals surface area contributed by atoms with E-state index in [9.17, 15) is 0 Å². The third kappa shape index (κ3) is 6.44. The van der Waals surface area contributed by atoms with Gasteiger partial charge >= 0.3 is 0 Å². The molecule has 0 aromatic rings. The highest BCUT2D eigenvalue weighted by Crippen LogP contribution is 2.22. The van der Waals surface area contributed by atoms with E-state index in [1.54, 1.807) is 0 Å². The molecule has 0 fully saturated rings. The first-order valence-electron chi connectivity index (χ1n) is 6.34. The zero-order valence-corrected chi connectivity index (χ0v) is 11.2. The maximum atomic E-state index is 2.37. The first kappa shape index (κ1) is 15.0. The Bertz CT molecular complexity index is 264. The number of allylic oxidation sites excluding steroid dienone is 8. The first-order chi connectivity index (χ1) is 7.79. The SMILES string of the molecule is CC=CCC(=CCC)C(C=CC)CC=CC. The van der Waals surface area contributed by atoms with Gasteiger partial charge in [0.1, 0.15) is 0 Å². The van der Waals surface area contributed by atoms with Crippen molar-refractivity contribution in [2.45, 2.75) is 47.0 Å². The molecular weight excluding hydrogens is 192 g/mol. The second kappa shape index (κ2) is 10.5. The van der Waals surface area contributed by atoms with Crippen LogP contribution in [-0.4, -0.2) is 0 Å². The lowest BCUT2D eigenvalue weighted by Gasteiger charge is -2.14. The van der Waals surface area contributed by atoms with Crippen molar-refractivity contribution < 1.29 is 0 Å². The molecule has 16 heavy (non-hydrogen) atoms. The summed E-state index contributed by atoms with van der Waals surface area (Å²) in [4.78, 5) is 0. The molecule has 0 saturated heterocycles. The molecule has 0 heterocycles. The van der Waals surface area contributed by atoms with Crippen molar-refractivity contribution in [3.8, 4) is 0 Å². The lowest BCUT2D eigenvalue weighted by molar-refractivity contribution is 0.745. The highest BCUT2D eigenvalue weighted by Gasteiger charge is 2.07. The fourth-order valence-electron chi connectivity index (χ4n) is 1.77. The third-order valence-corrected chi connectivity index (χ3v) is 2.58. The molecule has 0 aliphatic rings. The molecule has 0 aromatic carbocycles. The van der Waals surface area contributed by atoms with Crippen LogP contribution in [0.5, 0.6) is 0 Å². The monoisotopic (exact) mass is 218 g/mol. The minimum atomic E-state index is 0.567. The lowest BCUT2D eigenvalue weighted by Crippen LogP contribution is -1.99. The summed E-state index contributed by atoms with van der Waals surface area (Å²) < 4.78 is 0. The van der Waals surface area contributed by atoms with Crippen LogP contribution in [0.1, 0.15) is 47.0 Å². The van der Waals surface area contributed by atoms with Crippen LogP contribution >= 0.6 is 0 Å². The van der Waals surface area contributed by atoms with Gasteiger partial charge in [-0.3, -0.25) is 0 Å². The van der Waals surface area contributed by atoms with Gasteiger partial charge in [0.25, 0.3) is 0 Å². The first-order valence-corrected chi connectivity index (χ1v) is 6.34. The van der Waals surface area contributed by atoms with Gasteiger partial charge in [-0.2, -0.15) is 0 Å². The van der Waals surface area contributed by atoms with Gasteiger partial charge in [-0.15, -0.1) is 0 Å². The summed E-state index contributed by atoms with van der Waals surface area (Å²) >= 11 is 0. The highest BCUT2D eigenvalue weighted by molar-refractivity contribution is 5.18. The van der Waals surface area contributed by atoms with Crippen LogP contribution in [0, 0.1) is 5.92 Å². The van der Waals surface area contributed by atoms with E-state index in [2.05, 4.69) is 70.2 Å². The molecule has 0 heteroatoms. The van der Waals surface area contributed by atoms with Crippen LogP contribution < -0.4 is 0 Å². The van der Waals surface area contributed by atoms with Crippen molar-refractivity contribution in [2.75, 3.05) is 0 Å². The normalized spacial score (nSPS) is 15.6. The van der Waals surface area contributed by atoms with Gasteiger partial charge in [0.2, 0.25) is 0 Å². The van der Waals surface area contributed by atoms with E-state index < -0.39 is 0 Å². The van der Waals surface area contributed by atoms with E-state index in [0.29, 0.717) is 5.92 Å². The van der Waals surface area contributed by atoms with Crippen molar-refractivity contribution in [3.05, 3.63) is 48.1 Å². The summed E-state index contributed by atoms with van der Waals surface area (Å²) in [6, 6.07) is 0. The Balaban J connectivity index is 4.71. The largest absolute Gasteiger partial charge is 0.0916 e. The Kier molecular flexibility index (Phi) is 9.80. The van der Waals surface area contributed by atoms with Crippen LogP contribution in [0.15, 0.2) is 48.1 Å². The van der Waals surface area contributed by atoms with Gasteiger partial charge in [0.05, 0.1) is 0 Å². The summed E-state index contributed by atoms with van der Waals surface area (Å²) in [5, 5.41) is 0. The van der Waals surface area contributed by atoms with Crippen molar-refractivity contribution in [2.24, 2.45) is 5.92 Å². The third-order valence-electron chi connectivity index (χ3n) is 2.58. The Morgan fingerprint density at radius 2 is 1.69 bits per heavy atom. The second-order valence-corrected chi connectivity index (χ2v) is 3.90. The van der Waals surface area contributed by atoms with Crippen LogP contribution in [0.25, 0.3) is 0 Å². The molecule has 0 bridgehead atoms. The number of hydrogen-bond donors (Lipinski definition) is 0. The molecule has 90 valence electrons. The Morgan fingerprint density at radius 1 is 1.00 bits per heavy atom. The summed E-state index contributed by atoms with van der Waals surface area (Å²) in [6.45, 7) is 8.47. The lowest BCUT2D eigenvalue weighted by atomic mass is 9.91. The Hall–Kier alpha value is -1.04. The molecule has 0 nitrogen and oxygen atoms in total. The van der Waals surface area contributed by atoms with Gasteiger partial charge in [-0.25, -0.2) is 0 Å². The summed E-state index contributed by atoms with van der Waals surface area (Å²) in [6.07, 6.45) is 18.9. The summed E-state index contributed by atoms with van der Waals surface area (Å²) in [7, 11) is 0.